The van der Waals surface area contributed by atoms with Crippen molar-refractivity contribution in [3.63, 3.8) is 0 Å². The Labute approximate surface area is 125 Å². The second-order valence-corrected chi connectivity index (χ2v) is 7.18. The number of hydrogen-bond donors (Lipinski definition) is 1. The van der Waals surface area contributed by atoms with Gasteiger partial charge in [0.05, 0.1) is 0 Å². The van der Waals surface area contributed by atoms with E-state index < -0.39 is 0 Å². The molecule has 0 aromatic carbocycles. The minimum Gasteiger partial charge on any atom is -0.311 e. The van der Waals surface area contributed by atoms with Gasteiger partial charge in [-0.25, -0.2) is 0 Å². The summed E-state index contributed by atoms with van der Waals surface area (Å²) >= 11 is 0. The fraction of sp³-hybridized carbons (Fsp3) is 1.00. The molecule has 0 bridgehead atoms. The number of nitrogens with one attached hydrogen (secondary N) is 1. The molecule has 1 atom stereocenters. The SMILES string of the molecule is CCCN1CCCC(NC2CCN(C3CC3)CC2)CC1. The zero-order valence-electron chi connectivity index (χ0n) is 13.3. The van der Waals surface area contributed by atoms with Gasteiger partial charge in [0, 0.05) is 18.1 Å². The van der Waals surface area contributed by atoms with Gasteiger partial charge in [-0.2, -0.15) is 0 Å². The zero-order chi connectivity index (χ0) is 13.8. The molecule has 3 rings (SSSR count). The second-order valence-electron chi connectivity index (χ2n) is 7.18. The molecule has 3 nitrogen and oxygen atoms in total. The van der Waals surface area contributed by atoms with Crippen LogP contribution in [0.25, 0.3) is 0 Å². The van der Waals surface area contributed by atoms with E-state index >= 15 is 0 Å². The largest absolute Gasteiger partial charge is 0.311 e. The Bertz CT molecular complexity index is 282. The van der Waals surface area contributed by atoms with Crippen LogP contribution in [0.5, 0.6) is 0 Å². The van der Waals surface area contributed by atoms with Crippen molar-refractivity contribution in [2.45, 2.75) is 76.4 Å². The first-order chi connectivity index (χ1) is 9.85. The lowest BCUT2D eigenvalue weighted by atomic mass is 10.0. The van der Waals surface area contributed by atoms with E-state index in [4.69, 9.17) is 0 Å². The molecule has 2 heterocycles. The predicted octanol–water partition coefficient (Wildman–Crippen LogP) is 2.47. The molecule has 20 heavy (non-hydrogen) atoms. The summed E-state index contributed by atoms with van der Waals surface area (Å²) in [4.78, 5) is 5.39. The third kappa shape index (κ3) is 4.19. The number of piperidine rings is 1. The summed E-state index contributed by atoms with van der Waals surface area (Å²) in [5.74, 6) is 0. The average Bonchev–Trinajstić information content (AvgIpc) is 3.29. The quantitative estimate of drug-likeness (QED) is 0.834. The van der Waals surface area contributed by atoms with Crippen LogP contribution >= 0.6 is 0 Å². The highest BCUT2D eigenvalue weighted by Gasteiger charge is 2.32. The topological polar surface area (TPSA) is 18.5 Å². The lowest BCUT2D eigenvalue weighted by molar-refractivity contribution is 0.180. The summed E-state index contributed by atoms with van der Waals surface area (Å²) < 4.78 is 0. The van der Waals surface area contributed by atoms with Crippen molar-refractivity contribution >= 4 is 0 Å². The number of hydrogen-bond acceptors (Lipinski definition) is 3. The Kier molecular flexibility index (Phi) is 5.36. The molecule has 0 radical (unpaired) electrons. The van der Waals surface area contributed by atoms with Crippen molar-refractivity contribution in [2.75, 3.05) is 32.7 Å². The molecule has 0 aromatic heterocycles. The molecular formula is C17H33N3. The van der Waals surface area contributed by atoms with Crippen molar-refractivity contribution in [2.24, 2.45) is 0 Å². The van der Waals surface area contributed by atoms with Gasteiger partial charge in [-0.1, -0.05) is 6.92 Å². The highest BCUT2D eigenvalue weighted by atomic mass is 15.2. The Hall–Kier alpha value is -0.120. The van der Waals surface area contributed by atoms with E-state index in [1.807, 2.05) is 0 Å². The van der Waals surface area contributed by atoms with E-state index in [0.29, 0.717) is 0 Å². The van der Waals surface area contributed by atoms with Crippen molar-refractivity contribution in [1.82, 2.24) is 15.1 Å². The monoisotopic (exact) mass is 279 g/mol. The molecule has 2 saturated heterocycles. The highest BCUT2D eigenvalue weighted by Crippen LogP contribution is 2.29. The van der Waals surface area contributed by atoms with E-state index in [2.05, 4.69) is 22.0 Å². The summed E-state index contributed by atoms with van der Waals surface area (Å²) in [7, 11) is 0. The van der Waals surface area contributed by atoms with Gasteiger partial charge in [0.25, 0.3) is 0 Å². The molecule has 1 saturated carbocycles. The van der Waals surface area contributed by atoms with E-state index in [-0.39, 0.29) is 0 Å². The number of nitrogens with zero attached hydrogens (tertiary/aromatic N) is 2. The molecule has 1 unspecified atom stereocenters. The summed E-state index contributed by atoms with van der Waals surface area (Å²) in [5.41, 5.74) is 0. The first kappa shape index (κ1) is 14.8. The van der Waals surface area contributed by atoms with E-state index in [0.717, 1.165) is 18.1 Å². The molecule has 3 fully saturated rings. The van der Waals surface area contributed by atoms with Crippen molar-refractivity contribution in [1.29, 1.82) is 0 Å². The molecule has 0 amide bonds. The van der Waals surface area contributed by atoms with Crippen LogP contribution in [0, 0.1) is 0 Å². The maximum Gasteiger partial charge on any atom is 0.00964 e. The molecule has 116 valence electrons. The molecule has 3 aliphatic rings. The van der Waals surface area contributed by atoms with Gasteiger partial charge in [0.1, 0.15) is 0 Å². The van der Waals surface area contributed by atoms with Crippen molar-refractivity contribution < 1.29 is 0 Å². The Morgan fingerprint density at radius 2 is 1.55 bits per heavy atom. The molecule has 0 aromatic rings. The Morgan fingerprint density at radius 1 is 0.850 bits per heavy atom. The average molecular weight is 279 g/mol. The van der Waals surface area contributed by atoms with Gasteiger partial charge in [-0.05, 0) is 84.1 Å². The summed E-state index contributed by atoms with van der Waals surface area (Å²) in [6, 6.07) is 2.55. The van der Waals surface area contributed by atoms with Crippen LogP contribution in [0.4, 0.5) is 0 Å². The Morgan fingerprint density at radius 3 is 2.25 bits per heavy atom. The van der Waals surface area contributed by atoms with Gasteiger partial charge in [0.15, 0.2) is 0 Å². The van der Waals surface area contributed by atoms with Crippen LogP contribution in [-0.2, 0) is 0 Å². The van der Waals surface area contributed by atoms with Gasteiger partial charge < -0.3 is 15.1 Å². The van der Waals surface area contributed by atoms with Crippen LogP contribution in [-0.4, -0.2) is 60.6 Å². The minimum atomic E-state index is 0.786. The van der Waals surface area contributed by atoms with E-state index in [9.17, 15) is 0 Å². The van der Waals surface area contributed by atoms with Crippen LogP contribution < -0.4 is 5.32 Å². The Balaban J connectivity index is 1.37. The zero-order valence-corrected chi connectivity index (χ0v) is 13.3. The van der Waals surface area contributed by atoms with Crippen molar-refractivity contribution in [3.8, 4) is 0 Å². The number of likely N-dealkylation sites (tertiary alicyclic amines) is 2. The number of rotatable bonds is 5. The fourth-order valence-electron chi connectivity index (χ4n) is 4.07. The fourth-order valence-corrected chi connectivity index (χ4v) is 4.07. The van der Waals surface area contributed by atoms with Crippen LogP contribution in [0.3, 0.4) is 0 Å². The maximum absolute atomic E-state index is 3.99. The maximum atomic E-state index is 3.99. The van der Waals surface area contributed by atoms with E-state index in [1.165, 1.54) is 84.1 Å². The highest BCUT2D eigenvalue weighted by molar-refractivity contribution is 4.90. The first-order valence-electron chi connectivity index (χ1n) is 9.07. The van der Waals surface area contributed by atoms with Crippen LogP contribution in [0.1, 0.15) is 58.3 Å². The normalized spacial score (nSPS) is 31.4. The lowest BCUT2D eigenvalue weighted by Gasteiger charge is -2.34. The van der Waals surface area contributed by atoms with Crippen LogP contribution in [0.2, 0.25) is 0 Å². The molecule has 3 heteroatoms. The van der Waals surface area contributed by atoms with Gasteiger partial charge >= 0.3 is 0 Å². The molecule has 1 aliphatic carbocycles. The molecule has 1 N–H and O–H groups in total. The van der Waals surface area contributed by atoms with Crippen molar-refractivity contribution in [3.05, 3.63) is 0 Å². The standard InChI is InChI=1S/C17H33N3/c1-2-10-19-11-3-4-15(7-12-19)18-16-8-13-20(14-9-16)17-5-6-17/h15-18H,2-14H2,1H3. The van der Waals surface area contributed by atoms with Gasteiger partial charge in [-0.15, -0.1) is 0 Å². The summed E-state index contributed by atoms with van der Waals surface area (Å²) in [6.07, 6.45) is 11.1. The smallest absolute Gasteiger partial charge is 0.00964 e. The van der Waals surface area contributed by atoms with Gasteiger partial charge in [0.2, 0.25) is 0 Å². The third-order valence-electron chi connectivity index (χ3n) is 5.42. The predicted molar refractivity (Wildman–Crippen MR) is 85.1 cm³/mol. The molecule has 0 spiro atoms. The van der Waals surface area contributed by atoms with Crippen LogP contribution in [0.15, 0.2) is 0 Å². The third-order valence-corrected chi connectivity index (χ3v) is 5.42. The lowest BCUT2D eigenvalue weighted by Crippen LogP contribution is -2.47. The first-order valence-corrected chi connectivity index (χ1v) is 9.07. The molecular weight excluding hydrogens is 246 g/mol. The van der Waals surface area contributed by atoms with E-state index in [1.54, 1.807) is 0 Å². The van der Waals surface area contributed by atoms with Gasteiger partial charge in [-0.3, -0.25) is 0 Å². The second kappa shape index (κ2) is 7.24. The minimum absolute atomic E-state index is 0.786. The summed E-state index contributed by atoms with van der Waals surface area (Å²) in [5, 5.41) is 3.99. The summed E-state index contributed by atoms with van der Waals surface area (Å²) in [6.45, 7) is 8.92. The molecule has 2 aliphatic heterocycles.